The maximum Gasteiger partial charge on any atom is 0.0400 e. The maximum atomic E-state index is 4.10. The van der Waals surface area contributed by atoms with Gasteiger partial charge in [0.2, 0.25) is 0 Å². The third-order valence-corrected chi connectivity index (χ3v) is 3.38. The summed E-state index contributed by atoms with van der Waals surface area (Å²) in [5.74, 6) is 0. The molecule has 3 aromatic heterocycles. The van der Waals surface area contributed by atoms with E-state index < -0.39 is 0 Å². The molecule has 0 amide bonds. The van der Waals surface area contributed by atoms with E-state index in [-0.39, 0.29) is 22.3 Å². The highest BCUT2D eigenvalue weighted by Gasteiger charge is 1.82. The first kappa shape index (κ1) is 29.2. The summed E-state index contributed by atoms with van der Waals surface area (Å²) >= 11 is 0. The summed E-state index contributed by atoms with van der Waals surface area (Å²) in [6.07, 6.45) is 12.3. The molecule has 3 heterocycles. The topological polar surface area (TPSA) is 38.7 Å². The number of aromatic nitrogens is 3. The van der Waals surface area contributed by atoms with Crippen LogP contribution in [0.25, 0.3) is 0 Å². The van der Waals surface area contributed by atoms with Gasteiger partial charge in [0.25, 0.3) is 0 Å². The average Bonchev–Trinajstić information content (AvgIpc) is 2.71. The summed E-state index contributed by atoms with van der Waals surface area (Å²) in [6.45, 7) is 6.36. The third-order valence-electron chi connectivity index (χ3n) is 3.38. The van der Waals surface area contributed by atoms with Crippen molar-refractivity contribution in [3.8, 4) is 0 Å². The Bertz CT molecular complexity index is 532. The van der Waals surface area contributed by atoms with Crippen LogP contribution in [0.5, 0.6) is 0 Å². The van der Waals surface area contributed by atoms with Crippen molar-refractivity contribution in [2.75, 3.05) is 0 Å². The molecule has 0 saturated carbocycles. The van der Waals surface area contributed by atoms with Crippen LogP contribution in [-0.2, 0) is 19.3 Å². The van der Waals surface area contributed by atoms with Gasteiger partial charge in [-0.2, -0.15) is 0 Å². The fraction of sp³-hybridized carbons (Fsp3) is 0.375. The molecular formula is C24H39N3. The van der Waals surface area contributed by atoms with E-state index in [1.54, 1.807) is 6.20 Å². The van der Waals surface area contributed by atoms with E-state index >= 15 is 0 Å². The number of nitrogens with zero attached hydrogens (tertiary/aromatic N) is 3. The highest BCUT2D eigenvalue weighted by Crippen LogP contribution is 1.95. The Morgan fingerprint density at radius 3 is 1.59 bits per heavy atom. The van der Waals surface area contributed by atoms with Gasteiger partial charge in [0.05, 0.1) is 0 Å². The molecule has 0 spiro atoms. The molecule has 0 unspecified atom stereocenters. The summed E-state index contributed by atoms with van der Waals surface area (Å²) in [5, 5.41) is 0. The quantitative estimate of drug-likeness (QED) is 0.507. The molecule has 150 valence electrons. The van der Waals surface area contributed by atoms with Gasteiger partial charge < -0.3 is 0 Å². The molecule has 3 aromatic rings. The molecule has 0 bridgehead atoms. The highest BCUT2D eigenvalue weighted by molar-refractivity contribution is 5.08. The summed E-state index contributed by atoms with van der Waals surface area (Å²) in [6, 6.07) is 14.1. The van der Waals surface area contributed by atoms with Gasteiger partial charge >= 0.3 is 0 Å². The zero-order valence-corrected chi connectivity index (χ0v) is 14.9. The predicted octanol–water partition coefficient (Wildman–Crippen LogP) is 6.84. The van der Waals surface area contributed by atoms with Crippen LogP contribution in [-0.4, -0.2) is 15.0 Å². The zero-order chi connectivity index (χ0) is 17.5. The Balaban J connectivity index is -0.000000303. The van der Waals surface area contributed by atoms with E-state index in [0.29, 0.717) is 0 Å². The largest absolute Gasteiger partial charge is 0.265 e. The number of pyridine rings is 3. The number of aryl methyl sites for hydroxylation is 3. The SMILES string of the molecule is C.C.C.CCc1ccccn1.CCc1cccnc1.CCc1ccncc1. The first-order valence-corrected chi connectivity index (χ1v) is 8.47. The van der Waals surface area contributed by atoms with Crippen molar-refractivity contribution in [2.24, 2.45) is 0 Å². The van der Waals surface area contributed by atoms with Gasteiger partial charge in [-0.05, 0) is 60.7 Å². The van der Waals surface area contributed by atoms with E-state index in [0.717, 1.165) is 25.0 Å². The van der Waals surface area contributed by atoms with Crippen LogP contribution in [0, 0.1) is 0 Å². The smallest absolute Gasteiger partial charge is 0.0400 e. The van der Waals surface area contributed by atoms with E-state index in [4.69, 9.17) is 0 Å². The fourth-order valence-corrected chi connectivity index (χ4v) is 1.83. The second-order valence-electron chi connectivity index (χ2n) is 5.10. The molecule has 0 aliphatic rings. The Hall–Kier alpha value is -2.55. The van der Waals surface area contributed by atoms with Crippen LogP contribution < -0.4 is 0 Å². The summed E-state index contributed by atoms with van der Waals surface area (Å²) < 4.78 is 0. The van der Waals surface area contributed by atoms with Crippen LogP contribution in [0.1, 0.15) is 59.9 Å². The molecule has 0 aliphatic heterocycles. The first-order valence-electron chi connectivity index (χ1n) is 8.47. The second kappa shape index (κ2) is 19.8. The molecule has 0 saturated heterocycles. The van der Waals surface area contributed by atoms with Crippen LogP contribution in [0.15, 0.2) is 73.4 Å². The summed E-state index contributed by atoms with van der Waals surface area (Å²) in [4.78, 5) is 11.9. The standard InChI is InChI=1S/3C7H9N.3CH4/c1-2-7-3-5-8-6-4-7;1-2-7-4-3-5-8-6-7;1-2-7-5-3-4-6-8-7;;;/h3*3-6H,2H2,1H3;3*1H4. The monoisotopic (exact) mass is 369 g/mol. The lowest BCUT2D eigenvalue weighted by molar-refractivity contribution is 1.04. The molecule has 0 N–H and O–H groups in total. The minimum Gasteiger partial charge on any atom is -0.265 e. The molecule has 27 heavy (non-hydrogen) atoms. The van der Waals surface area contributed by atoms with Crippen molar-refractivity contribution in [3.63, 3.8) is 0 Å². The number of hydrogen-bond donors (Lipinski definition) is 0. The maximum absolute atomic E-state index is 4.10. The first-order chi connectivity index (χ1) is 11.8. The molecule has 0 aromatic carbocycles. The van der Waals surface area contributed by atoms with Crippen LogP contribution in [0.2, 0.25) is 0 Å². The lowest BCUT2D eigenvalue weighted by atomic mass is 10.2. The Morgan fingerprint density at radius 1 is 0.593 bits per heavy atom. The van der Waals surface area contributed by atoms with E-state index in [1.165, 1.54) is 11.1 Å². The molecule has 0 radical (unpaired) electrons. The molecule has 0 atom stereocenters. The molecule has 0 fully saturated rings. The minimum absolute atomic E-state index is 0. The van der Waals surface area contributed by atoms with Crippen molar-refractivity contribution < 1.29 is 0 Å². The van der Waals surface area contributed by atoms with E-state index in [1.807, 2.05) is 61.2 Å². The zero-order valence-electron chi connectivity index (χ0n) is 14.9. The Kier molecular flexibility index (Phi) is 21.4. The van der Waals surface area contributed by atoms with Crippen molar-refractivity contribution in [1.29, 1.82) is 0 Å². The number of hydrogen-bond acceptors (Lipinski definition) is 3. The van der Waals surface area contributed by atoms with Gasteiger partial charge in [-0.15, -0.1) is 0 Å². The van der Waals surface area contributed by atoms with Gasteiger partial charge in [0.15, 0.2) is 0 Å². The second-order valence-corrected chi connectivity index (χ2v) is 5.10. The minimum atomic E-state index is 0. The van der Waals surface area contributed by atoms with Crippen LogP contribution in [0.3, 0.4) is 0 Å². The molecular weight excluding hydrogens is 330 g/mol. The van der Waals surface area contributed by atoms with E-state index in [2.05, 4.69) is 41.8 Å². The van der Waals surface area contributed by atoms with Crippen molar-refractivity contribution in [2.45, 2.75) is 62.3 Å². The van der Waals surface area contributed by atoms with Crippen molar-refractivity contribution >= 4 is 0 Å². The number of rotatable bonds is 3. The van der Waals surface area contributed by atoms with Crippen molar-refractivity contribution in [3.05, 3.63) is 90.3 Å². The molecule has 0 aliphatic carbocycles. The normalized spacial score (nSPS) is 8.11. The van der Waals surface area contributed by atoms with E-state index in [9.17, 15) is 0 Å². The van der Waals surface area contributed by atoms with Gasteiger partial charge in [-0.25, -0.2) is 0 Å². The van der Waals surface area contributed by atoms with Crippen LogP contribution in [0.4, 0.5) is 0 Å². The molecule has 3 nitrogen and oxygen atoms in total. The van der Waals surface area contributed by atoms with Crippen LogP contribution >= 0.6 is 0 Å². The lowest BCUT2D eigenvalue weighted by Crippen LogP contribution is -1.81. The molecule has 3 rings (SSSR count). The van der Waals surface area contributed by atoms with Gasteiger partial charge in [-0.1, -0.05) is 55.2 Å². The fourth-order valence-electron chi connectivity index (χ4n) is 1.83. The van der Waals surface area contributed by atoms with Gasteiger partial charge in [0, 0.05) is 36.7 Å². The molecule has 3 heteroatoms. The summed E-state index contributed by atoms with van der Waals surface area (Å²) in [7, 11) is 0. The highest BCUT2D eigenvalue weighted by atomic mass is 14.7. The third kappa shape index (κ3) is 14.3. The lowest BCUT2D eigenvalue weighted by Gasteiger charge is -1.89. The van der Waals surface area contributed by atoms with Gasteiger partial charge in [0.1, 0.15) is 0 Å². The average molecular weight is 370 g/mol. The summed E-state index contributed by atoms with van der Waals surface area (Å²) in [5.41, 5.74) is 3.81. The van der Waals surface area contributed by atoms with Gasteiger partial charge in [-0.3, -0.25) is 15.0 Å². The predicted molar refractivity (Wildman–Crippen MR) is 121 cm³/mol. The Morgan fingerprint density at radius 2 is 1.26 bits per heavy atom. The Labute approximate surface area is 168 Å². The van der Waals surface area contributed by atoms with Crippen molar-refractivity contribution in [1.82, 2.24) is 15.0 Å².